The molecule has 0 saturated carbocycles. The van der Waals surface area contributed by atoms with Crippen LogP contribution in [-0.2, 0) is 0 Å². The standard InChI is InChI=1S/C52H32N4/c1-4-14-34(15-5-1)45-39-22-10-11-23-40(39)46(35-16-6-2-7-17-35)49-44-27-26-42(41-24-13-25-43(47(41)44)48(45)49)52-55-50(36-18-8-3-9-19-36)54-51(56-52)38-21-12-20-37(32-38)33-28-30-53-31-29-33/h1-32H. The van der Waals surface area contributed by atoms with Gasteiger partial charge in [0.2, 0.25) is 0 Å². The van der Waals surface area contributed by atoms with Gasteiger partial charge in [-0.15, -0.1) is 0 Å². The van der Waals surface area contributed by atoms with E-state index in [4.69, 9.17) is 15.0 Å². The summed E-state index contributed by atoms with van der Waals surface area (Å²) in [6.45, 7) is 0. The second-order valence-electron chi connectivity index (χ2n) is 14.2. The molecule has 11 rings (SSSR count). The van der Waals surface area contributed by atoms with Gasteiger partial charge in [-0.1, -0.05) is 158 Å². The molecule has 0 amide bonds. The Morgan fingerprint density at radius 2 is 0.732 bits per heavy atom. The van der Waals surface area contributed by atoms with Gasteiger partial charge in [-0.2, -0.15) is 0 Å². The molecule has 260 valence electrons. The van der Waals surface area contributed by atoms with Gasteiger partial charge in [-0.25, -0.2) is 15.0 Å². The first-order valence-electron chi connectivity index (χ1n) is 18.9. The molecule has 0 radical (unpaired) electrons. The van der Waals surface area contributed by atoms with Crippen molar-refractivity contribution in [3.63, 3.8) is 0 Å². The fourth-order valence-electron chi connectivity index (χ4n) is 8.53. The summed E-state index contributed by atoms with van der Waals surface area (Å²) in [7, 11) is 0. The normalized spacial score (nSPS) is 11.6. The highest BCUT2D eigenvalue weighted by Gasteiger charge is 2.31. The number of nitrogens with zero attached hydrogens (tertiary/aromatic N) is 4. The summed E-state index contributed by atoms with van der Waals surface area (Å²) < 4.78 is 0. The molecule has 0 unspecified atom stereocenters. The van der Waals surface area contributed by atoms with E-state index in [1.54, 1.807) is 0 Å². The molecule has 0 aliphatic heterocycles. The van der Waals surface area contributed by atoms with Crippen LogP contribution in [0, 0.1) is 0 Å². The molecule has 0 spiro atoms. The van der Waals surface area contributed by atoms with Crippen molar-refractivity contribution in [2.75, 3.05) is 0 Å². The van der Waals surface area contributed by atoms with E-state index in [0.29, 0.717) is 17.5 Å². The van der Waals surface area contributed by atoms with E-state index >= 15 is 0 Å². The van der Waals surface area contributed by atoms with Crippen molar-refractivity contribution in [3.8, 4) is 89.8 Å². The van der Waals surface area contributed by atoms with Crippen LogP contribution in [0.4, 0.5) is 0 Å². The van der Waals surface area contributed by atoms with Gasteiger partial charge in [-0.05, 0) is 101 Å². The fourth-order valence-corrected chi connectivity index (χ4v) is 8.53. The molecule has 0 fully saturated rings. The Morgan fingerprint density at radius 1 is 0.268 bits per heavy atom. The van der Waals surface area contributed by atoms with Crippen LogP contribution in [0.15, 0.2) is 194 Å². The van der Waals surface area contributed by atoms with E-state index in [1.165, 1.54) is 60.7 Å². The summed E-state index contributed by atoms with van der Waals surface area (Å²) in [5, 5.41) is 4.81. The molecule has 4 heteroatoms. The highest BCUT2D eigenvalue weighted by Crippen LogP contribution is 2.58. The van der Waals surface area contributed by atoms with Gasteiger partial charge < -0.3 is 0 Å². The predicted molar refractivity (Wildman–Crippen MR) is 230 cm³/mol. The fraction of sp³-hybridized carbons (Fsp3) is 0. The van der Waals surface area contributed by atoms with Crippen LogP contribution in [-0.4, -0.2) is 19.9 Å². The maximum Gasteiger partial charge on any atom is 0.164 e. The Morgan fingerprint density at radius 3 is 1.38 bits per heavy atom. The minimum absolute atomic E-state index is 0.625. The van der Waals surface area contributed by atoms with E-state index in [0.717, 1.165) is 33.2 Å². The highest BCUT2D eigenvalue weighted by atomic mass is 15.0. The maximum atomic E-state index is 5.25. The lowest BCUT2D eigenvalue weighted by Gasteiger charge is -2.20. The molecule has 1 aliphatic rings. The summed E-state index contributed by atoms with van der Waals surface area (Å²) >= 11 is 0. The summed E-state index contributed by atoms with van der Waals surface area (Å²) in [4.78, 5) is 19.8. The van der Waals surface area contributed by atoms with Crippen molar-refractivity contribution in [1.82, 2.24) is 19.9 Å². The summed E-state index contributed by atoms with van der Waals surface area (Å²) in [5.74, 6) is 1.90. The molecule has 0 bridgehead atoms. The summed E-state index contributed by atoms with van der Waals surface area (Å²) in [6, 6.07) is 64.4. The van der Waals surface area contributed by atoms with E-state index < -0.39 is 0 Å². The van der Waals surface area contributed by atoms with Crippen molar-refractivity contribution in [2.24, 2.45) is 0 Å². The maximum absolute atomic E-state index is 5.25. The summed E-state index contributed by atoms with van der Waals surface area (Å²) in [6.07, 6.45) is 3.64. The molecule has 2 aromatic heterocycles. The second-order valence-corrected chi connectivity index (χ2v) is 14.2. The van der Waals surface area contributed by atoms with Crippen LogP contribution in [0.25, 0.3) is 111 Å². The molecule has 0 atom stereocenters. The Labute approximate surface area is 324 Å². The molecular weight excluding hydrogens is 681 g/mol. The SMILES string of the molecule is c1ccc(-c2nc(-c3cccc(-c4ccncc4)c3)nc(-c3ccc4c5c(cccc35)-c3c-4c(-c4ccccc4)c4ccccc4c3-c3ccccc3)n2)cc1. The number of hydrogen-bond donors (Lipinski definition) is 0. The largest absolute Gasteiger partial charge is 0.265 e. The van der Waals surface area contributed by atoms with E-state index in [-0.39, 0.29) is 0 Å². The number of pyridine rings is 1. The molecule has 2 heterocycles. The first-order valence-corrected chi connectivity index (χ1v) is 18.9. The number of benzene rings is 8. The van der Waals surface area contributed by atoms with E-state index in [1.807, 2.05) is 42.7 Å². The zero-order valence-corrected chi connectivity index (χ0v) is 30.3. The van der Waals surface area contributed by atoms with Gasteiger partial charge in [0.1, 0.15) is 0 Å². The second kappa shape index (κ2) is 13.1. The topological polar surface area (TPSA) is 51.6 Å². The zero-order chi connectivity index (χ0) is 37.0. The van der Waals surface area contributed by atoms with Gasteiger partial charge in [0, 0.05) is 29.1 Å². The third-order valence-corrected chi connectivity index (χ3v) is 11.0. The lowest BCUT2D eigenvalue weighted by molar-refractivity contribution is 1.08. The number of aromatic nitrogens is 4. The zero-order valence-electron chi connectivity index (χ0n) is 30.3. The number of rotatable bonds is 6. The Kier molecular flexibility index (Phi) is 7.46. The van der Waals surface area contributed by atoms with Gasteiger partial charge in [0.25, 0.3) is 0 Å². The van der Waals surface area contributed by atoms with Gasteiger partial charge >= 0.3 is 0 Å². The third-order valence-electron chi connectivity index (χ3n) is 11.0. The van der Waals surface area contributed by atoms with Crippen LogP contribution < -0.4 is 0 Å². The Bertz CT molecular complexity index is 3010. The minimum atomic E-state index is 0.625. The average molecular weight is 713 g/mol. The molecule has 8 aromatic carbocycles. The van der Waals surface area contributed by atoms with E-state index in [2.05, 4.69) is 157 Å². The Hall–Kier alpha value is -7.56. The lowest BCUT2D eigenvalue weighted by Crippen LogP contribution is -2.00. The molecular formula is C52H32N4. The van der Waals surface area contributed by atoms with Crippen molar-refractivity contribution in [2.45, 2.75) is 0 Å². The lowest BCUT2D eigenvalue weighted by atomic mass is 9.82. The average Bonchev–Trinajstić information content (AvgIpc) is 3.61. The van der Waals surface area contributed by atoms with Crippen LogP contribution in [0.1, 0.15) is 0 Å². The minimum Gasteiger partial charge on any atom is -0.265 e. The van der Waals surface area contributed by atoms with Crippen LogP contribution in [0.3, 0.4) is 0 Å². The van der Waals surface area contributed by atoms with Crippen molar-refractivity contribution in [1.29, 1.82) is 0 Å². The third kappa shape index (κ3) is 5.15. The number of hydrogen-bond acceptors (Lipinski definition) is 4. The molecule has 4 nitrogen and oxygen atoms in total. The van der Waals surface area contributed by atoms with Gasteiger partial charge in [-0.3, -0.25) is 4.98 Å². The van der Waals surface area contributed by atoms with Crippen LogP contribution >= 0.6 is 0 Å². The first-order chi connectivity index (χ1) is 27.8. The predicted octanol–water partition coefficient (Wildman–Crippen LogP) is 13.2. The smallest absolute Gasteiger partial charge is 0.164 e. The summed E-state index contributed by atoms with van der Waals surface area (Å²) in [5.41, 5.74) is 14.9. The molecule has 10 aromatic rings. The monoisotopic (exact) mass is 712 g/mol. The molecule has 1 aliphatic carbocycles. The Balaban J connectivity index is 1.19. The number of fused-ring (bicyclic) bond motifs is 4. The van der Waals surface area contributed by atoms with Crippen molar-refractivity contribution >= 4 is 21.5 Å². The highest BCUT2D eigenvalue weighted by molar-refractivity contribution is 6.28. The molecule has 0 saturated heterocycles. The van der Waals surface area contributed by atoms with Crippen molar-refractivity contribution < 1.29 is 0 Å². The first kappa shape index (κ1) is 31.9. The van der Waals surface area contributed by atoms with Crippen LogP contribution in [0.5, 0.6) is 0 Å². The van der Waals surface area contributed by atoms with Crippen LogP contribution in [0.2, 0.25) is 0 Å². The van der Waals surface area contributed by atoms with Crippen molar-refractivity contribution in [3.05, 3.63) is 194 Å². The van der Waals surface area contributed by atoms with Gasteiger partial charge in [0.05, 0.1) is 0 Å². The van der Waals surface area contributed by atoms with Gasteiger partial charge in [0.15, 0.2) is 17.5 Å². The molecule has 56 heavy (non-hydrogen) atoms. The quantitative estimate of drug-likeness (QED) is 0.172. The molecule has 0 N–H and O–H groups in total. The van der Waals surface area contributed by atoms with E-state index in [9.17, 15) is 0 Å².